The molecule has 0 atom stereocenters. The topological polar surface area (TPSA) is 9.23 Å². The Balaban J connectivity index is 1.88. The fraction of sp³-hybridized carbons (Fsp3) is 0.200. The third-order valence-corrected chi connectivity index (χ3v) is 3.19. The summed E-state index contributed by atoms with van der Waals surface area (Å²) in [7, 11) is 0. The standard InChI is InChI=1S/C15H12F2O/c16-12-5-7-15(14(17)9-12)18-13-6-4-10-2-1-3-11(10)8-13/h4-9H,1-3H2. The van der Waals surface area contributed by atoms with Gasteiger partial charge in [-0.2, -0.15) is 0 Å². The van der Waals surface area contributed by atoms with Gasteiger partial charge in [-0.25, -0.2) is 8.78 Å². The van der Waals surface area contributed by atoms with Gasteiger partial charge in [0.2, 0.25) is 0 Å². The van der Waals surface area contributed by atoms with Crippen molar-refractivity contribution in [2.24, 2.45) is 0 Å². The summed E-state index contributed by atoms with van der Waals surface area (Å²) in [5.41, 5.74) is 2.59. The first-order valence-electron chi connectivity index (χ1n) is 5.97. The molecule has 0 fully saturated rings. The largest absolute Gasteiger partial charge is 0.454 e. The molecule has 0 radical (unpaired) electrons. The Morgan fingerprint density at radius 3 is 2.56 bits per heavy atom. The van der Waals surface area contributed by atoms with Gasteiger partial charge in [0.1, 0.15) is 11.6 Å². The lowest BCUT2D eigenvalue weighted by Crippen LogP contribution is -1.91. The average molecular weight is 246 g/mol. The van der Waals surface area contributed by atoms with Crippen LogP contribution in [-0.4, -0.2) is 0 Å². The molecule has 0 unspecified atom stereocenters. The first-order valence-corrected chi connectivity index (χ1v) is 5.97. The molecule has 1 aliphatic rings. The predicted molar refractivity (Wildman–Crippen MR) is 64.9 cm³/mol. The van der Waals surface area contributed by atoms with Crippen molar-refractivity contribution in [3.63, 3.8) is 0 Å². The molecule has 0 saturated carbocycles. The highest BCUT2D eigenvalue weighted by Crippen LogP contribution is 2.30. The second-order valence-corrected chi connectivity index (χ2v) is 4.46. The van der Waals surface area contributed by atoms with Crippen molar-refractivity contribution in [1.29, 1.82) is 0 Å². The maximum absolute atomic E-state index is 13.4. The lowest BCUT2D eigenvalue weighted by Gasteiger charge is -2.08. The van der Waals surface area contributed by atoms with Crippen LogP contribution in [0.1, 0.15) is 17.5 Å². The number of fused-ring (bicyclic) bond motifs is 1. The monoisotopic (exact) mass is 246 g/mol. The van der Waals surface area contributed by atoms with Crippen molar-refractivity contribution < 1.29 is 13.5 Å². The smallest absolute Gasteiger partial charge is 0.168 e. The number of halogens is 2. The minimum atomic E-state index is -0.685. The van der Waals surface area contributed by atoms with Crippen LogP contribution < -0.4 is 4.74 Å². The van der Waals surface area contributed by atoms with Crippen LogP contribution in [0.25, 0.3) is 0 Å². The Morgan fingerprint density at radius 1 is 0.889 bits per heavy atom. The van der Waals surface area contributed by atoms with Crippen LogP contribution in [0.4, 0.5) is 8.78 Å². The number of hydrogen-bond acceptors (Lipinski definition) is 1. The van der Waals surface area contributed by atoms with E-state index >= 15 is 0 Å². The Bertz CT molecular complexity index is 593. The highest BCUT2D eigenvalue weighted by molar-refractivity contribution is 5.40. The first-order chi connectivity index (χ1) is 8.72. The van der Waals surface area contributed by atoms with Crippen LogP contribution in [0.2, 0.25) is 0 Å². The molecule has 0 saturated heterocycles. The van der Waals surface area contributed by atoms with Crippen molar-refractivity contribution >= 4 is 0 Å². The molecule has 0 aromatic heterocycles. The molecule has 18 heavy (non-hydrogen) atoms. The van der Waals surface area contributed by atoms with E-state index in [9.17, 15) is 8.78 Å². The van der Waals surface area contributed by atoms with Gasteiger partial charge in [-0.1, -0.05) is 6.07 Å². The van der Waals surface area contributed by atoms with Crippen molar-refractivity contribution in [2.75, 3.05) is 0 Å². The van der Waals surface area contributed by atoms with Crippen LogP contribution in [-0.2, 0) is 12.8 Å². The first kappa shape index (κ1) is 11.2. The molecule has 0 spiro atoms. The van der Waals surface area contributed by atoms with Gasteiger partial charge in [-0.05, 0) is 54.7 Å². The fourth-order valence-corrected chi connectivity index (χ4v) is 2.30. The zero-order valence-corrected chi connectivity index (χ0v) is 9.75. The van der Waals surface area contributed by atoms with Gasteiger partial charge in [0.25, 0.3) is 0 Å². The zero-order chi connectivity index (χ0) is 12.5. The summed E-state index contributed by atoms with van der Waals surface area (Å²) in [6.07, 6.45) is 3.29. The molecular weight excluding hydrogens is 234 g/mol. The molecule has 2 aromatic rings. The highest BCUT2D eigenvalue weighted by atomic mass is 19.1. The van der Waals surface area contributed by atoms with E-state index in [1.807, 2.05) is 18.2 Å². The third kappa shape index (κ3) is 2.08. The summed E-state index contributed by atoms with van der Waals surface area (Å²) in [5.74, 6) is -0.639. The van der Waals surface area contributed by atoms with E-state index in [-0.39, 0.29) is 5.75 Å². The van der Waals surface area contributed by atoms with Gasteiger partial charge in [0.05, 0.1) is 0 Å². The molecule has 0 N–H and O–H groups in total. The third-order valence-electron chi connectivity index (χ3n) is 3.19. The van der Waals surface area contributed by atoms with Crippen molar-refractivity contribution in [2.45, 2.75) is 19.3 Å². The van der Waals surface area contributed by atoms with E-state index in [0.29, 0.717) is 5.75 Å². The maximum Gasteiger partial charge on any atom is 0.168 e. The van der Waals surface area contributed by atoms with Crippen LogP contribution in [0.5, 0.6) is 11.5 Å². The summed E-state index contributed by atoms with van der Waals surface area (Å²) < 4.78 is 31.7. The number of hydrogen-bond donors (Lipinski definition) is 0. The number of rotatable bonds is 2. The van der Waals surface area contributed by atoms with Gasteiger partial charge in [-0.15, -0.1) is 0 Å². The molecule has 3 rings (SSSR count). The molecular formula is C15H12F2O. The van der Waals surface area contributed by atoms with E-state index in [1.54, 1.807) is 0 Å². The van der Waals surface area contributed by atoms with E-state index in [0.717, 1.165) is 25.3 Å². The van der Waals surface area contributed by atoms with Gasteiger partial charge in [-0.3, -0.25) is 0 Å². The van der Waals surface area contributed by atoms with E-state index in [4.69, 9.17) is 4.74 Å². The summed E-state index contributed by atoms with van der Waals surface area (Å²) in [6.45, 7) is 0. The van der Waals surface area contributed by atoms with E-state index in [2.05, 4.69) is 0 Å². The van der Waals surface area contributed by atoms with Crippen molar-refractivity contribution in [1.82, 2.24) is 0 Å². The number of aryl methyl sites for hydroxylation is 2. The van der Waals surface area contributed by atoms with Crippen LogP contribution in [0.15, 0.2) is 36.4 Å². The van der Waals surface area contributed by atoms with Crippen LogP contribution in [0, 0.1) is 11.6 Å². The van der Waals surface area contributed by atoms with E-state index < -0.39 is 11.6 Å². The molecule has 1 aliphatic carbocycles. The van der Waals surface area contributed by atoms with Gasteiger partial charge < -0.3 is 4.74 Å². The van der Waals surface area contributed by atoms with Crippen LogP contribution in [0.3, 0.4) is 0 Å². The summed E-state index contributed by atoms with van der Waals surface area (Å²) in [4.78, 5) is 0. The van der Waals surface area contributed by atoms with Crippen molar-refractivity contribution in [3.8, 4) is 11.5 Å². The molecule has 0 bridgehead atoms. The molecule has 1 nitrogen and oxygen atoms in total. The minimum absolute atomic E-state index is 0.0503. The summed E-state index contributed by atoms with van der Waals surface area (Å²) in [5, 5.41) is 0. The molecule has 3 heteroatoms. The second kappa shape index (κ2) is 4.41. The second-order valence-electron chi connectivity index (χ2n) is 4.46. The fourth-order valence-electron chi connectivity index (χ4n) is 2.30. The Hall–Kier alpha value is -1.90. The molecule has 0 amide bonds. The highest BCUT2D eigenvalue weighted by Gasteiger charge is 2.12. The average Bonchev–Trinajstić information content (AvgIpc) is 2.80. The zero-order valence-electron chi connectivity index (χ0n) is 9.75. The summed E-state index contributed by atoms with van der Waals surface area (Å²) >= 11 is 0. The lowest BCUT2D eigenvalue weighted by atomic mass is 10.1. The van der Waals surface area contributed by atoms with Gasteiger partial charge >= 0.3 is 0 Å². The number of ether oxygens (including phenoxy) is 1. The minimum Gasteiger partial charge on any atom is -0.454 e. The maximum atomic E-state index is 13.4. The molecule has 92 valence electrons. The molecule has 0 heterocycles. The predicted octanol–water partition coefficient (Wildman–Crippen LogP) is 4.25. The Morgan fingerprint density at radius 2 is 1.72 bits per heavy atom. The Labute approximate surface area is 104 Å². The SMILES string of the molecule is Fc1ccc(Oc2ccc3c(c2)CCC3)c(F)c1. The molecule has 2 aromatic carbocycles. The molecule has 0 aliphatic heterocycles. The lowest BCUT2D eigenvalue weighted by molar-refractivity contribution is 0.437. The summed E-state index contributed by atoms with van der Waals surface area (Å²) in [6, 6.07) is 9.09. The van der Waals surface area contributed by atoms with Crippen LogP contribution >= 0.6 is 0 Å². The van der Waals surface area contributed by atoms with Gasteiger partial charge in [0, 0.05) is 6.07 Å². The normalized spacial score (nSPS) is 13.4. The Kier molecular flexibility index (Phi) is 2.74. The quantitative estimate of drug-likeness (QED) is 0.769. The van der Waals surface area contributed by atoms with Crippen molar-refractivity contribution in [3.05, 3.63) is 59.2 Å². The van der Waals surface area contributed by atoms with E-state index in [1.165, 1.54) is 23.3 Å². The number of benzene rings is 2. The van der Waals surface area contributed by atoms with Gasteiger partial charge in [0.15, 0.2) is 11.6 Å².